The Morgan fingerprint density at radius 1 is 1.50 bits per heavy atom. The Bertz CT molecular complexity index is 421. The van der Waals surface area contributed by atoms with Crippen LogP contribution in [-0.4, -0.2) is 16.4 Å². The lowest BCUT2D eigenvalue weighted by Crippen LogP contribution is -2.34. The summed E-state index contributed by atoms with van der Waals surface area (Å²) in [6.45, 7) is 0. The molecule has 1 fully saturated rings. The Morgan fingerprint density at radius 3 is 2.75 bits per heavy atom. The Hall–Kier alpha value is -1.36. The molecule has 2 rings (SSSR count). The van der Waals surface area contributed by atoms with Crippen molar-refractivity contribution in [3.8, 4) is 5.75 Å². The fraction of sp³-hybridized carbons (Fsp3) is 0.400. The summed E-state index contributed by atoms with van der Waals surface area (Å²) in [5, 5.41) is 10.7. The molecular weight excluding hydrogens is 237 g/mol. The first-order chi connectivity index (χ1) is 7.56. The molecule has 0 N–H and O–H groups in total. The summed E-state index contributed by atoms with van der Waals surface area (Å²) in [7, 11) is 0. The molecule has 0 radical (unpaired) electrons. The Balaban J connectivity index is 2.17. The number of alkyl halides is 1. The largest absolute Gasteiger partial charge is 0.483 e. The standard InChI is InChI=1S/C10H9ClFNO3/c11-6-3-8(4-6)16-10-5-7(12)1-2-9(10)13(14)15/h1-2,5-6,8H,3-4H2. The van der Waals surface area contributed by atoms with Crippen molar-refractivity contribution in [2.45, 2.75) is 24.3 Å². The van der Waals surface area contributed by atoms with Crippen LogP contribution in [0.5, 0.6) is 5.75 Å². The fourth-order valence-electron chi connectivity index (χ4n) is 1.51. The van der Waals surface area contributed by atoms with Crippen LogP contribution in [0.3, 0.4) is 0 Å². The fourth-order valence-corrected chi connectivity index (χ4v) is 1.91. The summed E-state index contributed by atoms with van der Waals surface area (Å²) in [4.78, 5) is 10.1. The number of hydrogen-bond acceptors (Lipinski definition) is 3. The predicted molar refractivity (Wildman–Crippen MR) is 56.3 cm³/mol. The Kier molecular flexibility index (Phi) is 2.96. The van der Waals surface area contributed by atoms with Crippen LogP contribution in [0.1, 0.15) is 12.8 Å². The molecule has 1 aromatic carbocycles. The number of hydrogen-bond donors (Lipinski definition) is 0. The third-order valence-corrected chi connectivity index (χ3v) is 2.81. The molecule has 0 amide bonds. The molecule has 16 heavy (non-hydrogen) atoms. The molecule has 1 aliphatic carbocycles. The molecular formula is C10H9ClFNO3. The molecule has 0 bridgehead atoms. The van der Waals surface area contributed by atoms with Gasteiger partial charge in [-0.1, -0.05) is 0 Å². The maximum Gasteiger partial charge on any atom is 0.311 e. The van der Waals surface area contributed by atoms with E-state index in [0.717, 1.165) is 18.2 Å². The first-order valence-corrected chi connectivity index (χ1v) is 5.24. The lowest BCUT2D eigenvalue weighted by molar-refractivity contribution is -0.386. The van der Waals surface area contributed by atoms with E-state index in [0.29, 0.717) is 12.8 Å². The minimum absolute atomic E-state index is 0.0291. The van der Waals surface area contributed by atoms with Crippen LogP contribution < -0.4 is 4.74 Å². The SMILES string of the molecule is O=[N+]([O-])c1ccc(F)cc1OC1CC(Cl)C1. The highest BCUT2D eigenvalue weighted by Crippen LogP contribution is 2.34. The Labute approximate surface area is 96.1 Å². The van der Waals surface area contributed by atoms with Gasteiger partial charge in [0.2, 0.25) is 0 Å². The van der Waals surface area contributed by atoms with Gasteiger partial charge in [0.15, 0.2) is 5.75 Å². The van der Waals surface area contributed by atoms with Crippen molar-refractivity contribution in [1.29, 1.82) is 0 Å². The summed E-state index contributed by atoms with van der Waals surface area (Å²) in [5.41, 5.74) is -0.223. The average Bonchev–Trinajstić information content (AvgIpc) is 2.15. The normalized spacial score (nSPS) is 23.6. The van der Waals surface area contributed by atoms with Gasteiger partial charge in [0.05, 0.1) is 4.92 Å². The van der Waals surface area contributed by atoms with E-state index in [1.807, 2.05) is 0 Å². The highest BCUT2D eigenvalue weighted by atomic mass is 35.5. The predicted octanol–water partition coefficient (Wildman–Crippen LogP) is 2.88. The van der Waals surface area contributed by atoms with E-state index < -0.39 is 10.7 Å². The van der Waals surface area contributed by atoms with E-state index >= 15 is 0 Å². The molecule has 0 aliphatic heterocycles. The van der Waals surface area contributed by atoms with Crippen molar-refractivity contribution in [2.75, 3.05) is 0 Å². The van der Waals surface area contributed by atoms with Crippen LogP contribution in [-0.2, 0) is 0 Å². The molecule has 0 atom stereocenters. The molecule has 1 saturated carbocycles. The van der Waals surface area contributed by atoms with Gasteiger partial charge in [-0.05, 0) is 6.07 Å². The van der Waals surface area contributed by atoms with Gasteiger partial charge in [-0.2, -0.15) is 0 Å². The van der Waals surface area contributed by atoms with Gasteiger partial charge in [0.1, 0.15) is 11.9 Å². The lowest BCUT2D eigenvalue weighted by atomic mass is 9.95. The topological polar surface area (TPSA) is 52.4 Å². The molecule has 1 aromatic rings. The van der Waals surface area contributed by atoms with Crippen LogP contribution >= 0.6 is 11.6 Å². The summed E-state index contributed by atoms with van der Waals surface area (Å²) in [6, 6.07) is 3.16. The maximum atomic E-state index is 12.9. The minimum atomic E-state index is -0.592. The second kappa shape index (κ2) is 4.25. The summed E-state index contributed by atoms with van der Waals surface area (Å²) in [6.07, 6.45) is 1.12. The second-order valence-electron chi connectivity index (χ2n) is 3.68. The van der Waals surface area contributed by atoms with Gasteiger partial charge >= 0.3 is 5.69 Å². The third-order valence-electron chi connectivity index (χ3n) is 2.45. The van der Waals surface area contributed by atoms with Crippen LogP contribution in [0.15, 0.2) is 18.2 Å². The van der Waals surface area contributed by atoms with Crippen LogP contribution in [0, 0.1) is 15.9 Å². The highest BCUT2D eigenvalue weighted by Gasteiger charge is 2.31. The van der Waals surface area contributed by atoms with Crippen LogP contribution in [0.2, 0.25) is 0 Å². The number of nitro benzene ring substituents is 1. The van der Waals surface area contributed by atoms with Gasteiger partial charge in [0, 0.05) is 30.4 Å². The van der Waals surface area contributed by atoms with E-state index in [4.69, 9.17) is 16.3 Å². The zero-order valence-corrected chi connectivity index (χ0v) is 8.98. The van der Waals surface area contributed by atoms with Crippen molar-refractivity contribution >= 4 is 17.3 Å². The summed E-state index contributed by atoms with van der Waals surface area (Å²) >= 11 is 5.76. The number of rotatable bonds is 3. The van der Waals surface area contributed by atoms with Crippen molar-refractivity contribution in [3.63, 3.8) is 0 Å². The van der Waals surface area contributed by atoms with Gasteiger partial charge in [0.25, 0.3) is 0 Å². The number of nitro groups is 1. The van der Waals surface area contributed by atoms with Crippen molar-refractivity contribution in [1.82, 2.24) is 0 Å². The van der Waals surface area contributed by atoms with E-state index in [2.05, 4.69) is 0 Å². The van der Waals surface area contributed by atoms with Gasteiger partial charge in [-0.3, -0.25) is 10.1 Å². The third kappa shape index (κ3) is 2.24. The molecule has 1 aliphatic rings. The molecule has 86 valence electrons. The quantitative estimate of drug-likeness (QED) is 0.467. The van der Waals surface area contributed by atoms with E-state index in [9.17, 15) is 14.5 Å². The highest BCUT2D eigenvalue weighted by molar-refractivity contribution is 6.21. The van der Waals surface area contributed by atoms with E-state index in [1.54, 1.807) is 0 Å². The van der Waals surface area contributed by atoms with Crippen molar-refractivity contribution < 1.29 is 14.1 Å². The molecule has 0 unspecified atom stereocenters. The van der Waals surface area contributed by atoms with E-state index in [-0.39, 0.29) is 22.9 Å². The lowest BCUT2D eigenvalue weighted by Gasteiger charge is -2.30. The molecule has 0 spiro atoms. The van der Waals surface area contributed by atoms with E-state index in [1.165, 1.54) is 0 Å². The van der Waals surface area contributed by atoms with Crippen LogP contribution in [0.4, 0.5) is 10.1 Å². The second-order valence-corrected chi connectivity index (χ2v) is 4.29. The number of halogens is 2. The number of benzene rings is 1. The minimum Gasteiger partial charge on any atom is -0.483 e. The first-order valence-electron chi connectivity index (χ1n) is 4.81. The molecule has 0 saturated heterocycles. The number of nitrogens with zero attached hydrogens (tertiary/aromatic N) is 1. The molecule has 4 nitrogen and oxygen atoms in total. The molecule has 0 heterocycles. The smallest absolute Gasteiger partial charge is 0.311 e. The summed E-state index contributed by atoms with van der Waals surface area (Å²) in [5.74, 6) is -0.582. The van der Waals surface area contributed by atoms with Crippen molar-refractivity contribution in [3.05, 3.63) is 34.1 Å². The first kappa shape index (κ1) is 11.1. The monoisotopic (exact) mass is 245 g/mol. The zero-order chi connectivity index (χ0) is 11.7. The summed E-state index contributed by atoms with van der Waals surface area (Å²) < 4.78 is 18.3. The van der Waals surface area contributed by atoms with Gasteiger partial charge in [-0.15, -0.1) is 11.6 Å². The average molecular weight is 246 g/mol. The molecule has 0 aromatic heterocycles. The van der Waals surface area contributed by atoms with Gasteiger partial charge in [-0.25, -0.2) is 4.39 Å². The number of ether oxygens (including phenoxy) is 1. The van der Waals surface area contributed by atoms with Crippen LogP contribution in [0.25, 0.3) is 0 Å². The zero-order valence-electron chi connectivity index (χ0n) is 8.23. The van der Waals surface area contributed by atoms with Gasteiger partial charge < -0.3 is 4.74 Å². The Morgan fingerprint density at radius 2 is 2.19 bits per heavy atom. The molecule has 6 heteroatoms. The maximum absolute atomic E-state index is 12.9. The van der Waals surface area contributed by atoms with Crippen molar-refractivity contribution in [2.24, 2.45) is 0 Å².